The Balaban J connectivity index is 2.02. The first kappa shape index (κ1) is 21.2. The first-order valence-corrected chi connectivity index (χ1v) is 8.95. The zero-order valence-electron chi connectivity index (χ0n) is 15.1. The number of carbonyl (C=O) groups is 2. The van der Waals surface area contributed by atoms with Crippen molar-refractivity contribution in [1.82, 2.24) is 0 Å². The number of hydrogen-bond donors (Lipinski definition) is 2. The van der Waals surface area contributed by atoms with Crippen LogP contribution in [-0.4, -0.2) is 25.5 Å². The van der Waals surface area contributed by atoms with E-state index in [1.165, 1.54) is 19.2 Å². The lowest BCUT2D eigenvalue weighted by atomic mass is 10.1. The molecule has 0 aromatic heterocycles. The van der Waals surface area contributed by atoms with E-state index in [-0.39, 0.29) is 23.5 Å². The number of esters is 1. The Labute approximate surface area is 166 Å². The van der Waals surface area contributed by atoms with E-state index < -0.39 is 11.8 Å². The Morgan fingerprint density at radius 1 is 1.22 bits per heavy atom. The maximum Gasteiger partial charge on any atom is 0.337 e. The highest BCUT2D eigenvalue weighted by Gasteiger charge is 2.18. The van der Waals surface area contributed by atoms with Crippen molar-refractivity contribution in [1.29, 1.82) is 0 Å². The third kappa shape index (κ3) is 5.42. The van der Waals surface area contributed by atoms with Crippen LogP contribution in [0.25, 0.3) is 0 Å². The predicted octanol–water partition coefficient (Wildman–Crippen LogP) is 3.49. The van der Waals surface area contributed by atoms with Crippen LogP contribution in [0.4, 0.5) is 10.1 Å². The summed E-state index contributed by atoms with van der Waals surface area (Å²) in [6.45, 7) is 3.72. The van der Waals surface area contributed by atoms with Gasteiger partial charge < -0.3 is 15.4 Å². The van der Waals surface area contributed by atoms with Gasteiger partial charge in [0.05, 0.1) is 22.7 Å². The van der Waals surface area contributed by atoms with Gasteiger partial charge in [0.2, 0.25) is 0 Å². The summed E-state index contributed by atoms with van der Waals surface area (Å²) in [5, 5.41) is 4.78. The smallest absolute Gasteiger partial charge is 0.337 e. The molecular formula is C19H20Cl2FN2O3+. The summed E-state index contributed by atoms with van der Waals surface area (Å²) in [5.74, 6) is -1.31. The number of amides is 1. The molecule has 3 N–H and O–H groups in total. The maximum atomic E-state index is 13.7. The number of hydrogen-bond acceptors (Lipinski definition) is 3. The Morgan fingerprint density at radius 3 is 2.59 bits per heavy atom. The van der Waals surface area contributed by atoms with Gasteiger partial charge in [0.1, 0.15) is 11.9 Å². The lowest BCUT2D eigenvalue weighted by molar-refractivity contribution is -0.682. The lowest BCUT2D eigenvalue weighted by Crippen LogP contribution is -2.86. The number of anilines is 1. The molecule has 5 nitrogen and oxygen atoms in total. The number of benzene rings is 2. The highest BCUT2D eigenvalue weighted by Crippen LogP contribution is 2.27. The van der Waals surface area contributed by atoms with Crippen LogP contribution >= 0.6 is 23.2 Å². The first-order chi connectivity index (χ1) is 12.7. The summed E-state index contributed by atoms with van der Waals surface area (Å²) in [7, 11) is 1.29. The van der Waals surface area contributed by atoms with Crippen molar-refractivity contribution in [3.8, 4) is 0 Å². The minimum atomic E-state index is -0.559. The molecule has 144 valence electrons. The Hall–Kier alpha value is -2.15. The van der Waals surface area contributed by atoms with E-state index >= 15 is 0 Å². The van der Waals surface area contributed by atoms with Crippen molar-refractivity contribution in [2.24, 2.45) is 0 Å². The van der Waals surface area contributed by atoms with E-state index in [0.717, 1.165) is 5.56 Å². The molecule has 27 heavy (non-hydrogen) atoms. The van der Waals surface area contributed by atoms with E-state index in [1.807, 2.05) is 13.8 Å². The van der Waals surface area contributed by atoms with Gasteiger partial charge in [-0.3, -0.25) is 4.79 Å². The summed E-state index contributed by atoms with van der Waals surface area (Å²) >= 11 is 11.8. The highest BCUT2D eigenvalue weighted by molar-refractivity contribution is 6.35. The van der Waals surface area contributed by atoms with Gasteiger partial charge in [0.25, 0.3) is 5.91 Å². The van der Waals surface area contributed by atoms with E-state index in [9.17, 15) is 14.0 Å². The minimum Gasteiger partial charge on any atom is -0.465 e. The van der Waals surface area contributed by atoms with Gasteiger partial charge in [-0.2, -0.15) is 0 Å². The molecule has 0 aliphatic heterocycles. The molecule has 0 saturated heterocycles. The van der Waals surface area contributed by atoms with Crippen LogP contribution < -0.4 is 10.6 Å². The molecule has 0 bridgehead atoms. The largest absolute Gasteiger partial charge is 0.465 e. The fourth-order valence-electron chi connectivity index (χ4n) is 2.50. The summed E-state index contributed by atoms with van der Waals surface area (Å²) in [4.78, 5) is 23.9. The average molecular weight is 414 g/mol. The minimum absolute atomic E-state index is 0.0466. The second-order valence-electron chi connectivity index (χ2n) is 6.09. The van der Waals surface area contributed by atoms with Crippen molar-refractivity contribution < 1.29 is 24.0 Å². The van der Waals surface area contributed by atoms with E-state index in [4.69, 9.17) is 23.2 Å². The van der Waals surface area contributed by atoms with Crippen molar-refractivity contribution in [2.45, 2.75) is 19.9 Å². The topological polar surface area (TPSA) is 72.0 Å². The third-order valence-corrected chi connectivity index (χ3v) is 4.74. The number of carbonyl (C=O) groups excluding carboxylic acids is 2. The number of halogens is 3. The molecule has 2 aromatic carbocycles. The van der Waals surface area contributed by atoms with Gasteiger partial charge in [0.15, 0.2) is 6.54 Å². The third-order valence-electron chi connectivity index (χ3n) is 4.12. The van der Waals surface area contributed by atoms with Gasteiger partial charge in [-0.25, -0.2) is 9.18 Å². The van der Waals surface area contributed by atoms with Crippen LogP contribution in [0.3, 0.4) is 0 Å². The van der Waals surface area contributed by atoms with Crippen LogP contribution in [0.1, 0.15) is 34.5 Å². The number of aryl methyl sites for hydroxylation is 1. The molecule has 2 aromatic rings. The molecular weight excluding hydrogens is 394 g/mol. The second kappa shape index (κ2) is 9.17. The molecule has 0 heterocycles. The quantitative estimate of drug-likeness (QED) is 0.562. The Morgan fingerprint density at radius 2 is 1.93 bits per heavy atom. The van der Waals surface area contributed by atoms with Crippen molar-refractivity contribution in [3.05, 3.63) is 62.9 Å². The van der Waals surface area contributed by atoms with Gasteiger partial charge >= 0.3 is 5.97 Å². The van der Waals surface area contributed by atoms with Crippen molar-refractivity contribution >= 4 is 40.8 Å². The van der Waals surface area contributed by atoms with E-state index in [2.05, 4.69) is 10.1 Å². The zero-order valence-corrected chi connectivity index (χ0v) is 16.6. The molecule has 8 heteroatoms. The number of nitrogens with two attached hydrogens (primary N) is 1. The number of ether oxygens (including phenoxy) is 1. The molecule has 0 spiro atoms. The van der Waals surface area contributed by atoms with Crippen LogP contribution in [0.15, 0.2) is 30.3 Å². The standard InChI is InChI=1S/C19H19Cl2FN2O3/c1-10-4-5-12(19(26)27-3)6-17(10)24-18(25)9-23-11(2)13-7-16(22)15(21)8-14(13)20/h4-8,11,23H,9H2,1-3H3,(H,24,25)/p+1/t11-/m1/s1. The van der Waals surface area contributed by atoms with E-state index in [0.29, 0.717) is 21.8 Å². The molecule has 1 amide bonds. The maximum absolute atomic E-state index is 13.7. The molecule has 1 atom stereocenters. The normalized spacial score (nSPS) is 11.8. The van der Waals surface area contributed by atoms with Crippen LogP contribution in [0.2, 0.25) is 10.0 Å². The molecule has 2 rings (SSSR count). The zero-order chi connectivity index (χ0) is 20.1. The monoisotopic (exact) mass is 413 g/mol. The summed E-state index contributed by atoms with van der Waals surface area (Å²) < 4.78 is 18.3. The first-order valence-electron chi connectivity index (χ1n) is 8.19. The lowest BCUT2D eigenvalue weighted by Gasteiger charge is -2.14. The fraction of sp³-hybridized carbons (Fsp3) is 0.263. The van der Waals surface area contributed by atoms with Gasteiger partial charge in [-0.1, -0.05) is 29.3 Å². The molecule has 0 saturated carbocycles. The summed E-state index contributed by atoms with van der Waals surface area (Å²) in [6, 6.07) is 7.28. The van der Waals surface area contributed by atoms with Crippen molar-refractivity contribution in [3.63, 3.8) is 0 Å². The number of nitrogens with one attached hydrogen (secondary N) is 1. The van der Waals surface area contributed by atoms with Crippen molar-refractivity contribution in [2.75, 3.05) is 19.0 Å². The van der Waals surface area contributed by atoms with Crippen LogP contribution in [0, 0.1) is 12.7 Å². The predicted molar refractivity (Wildman–Crippen MR) is 103 cm³/mol. The average Bonchev–Trinajstić information content (AvgIpc) is 2.63. The number of methoxy groups -OCH3 is 1. The summed E-state index contributed by atoms with van der Waals surface area (Å²) in [6.07, 6.45) is 0. The van der Waals surface area contributed by atoms with Crippen LogP contribution in [0.5, 0.6) is 0 Å². The van der Waals surface area contributed by atoms with Gasteiger partial charge in [-0.05, 0) is 43.7 Å². The Bertz CT molecular complexity index is 874. The molecule has 0 unspecified atom stereocenters. The number of quaternary nitrogens is 1. The summed E-state index contributed by atoms with van der Waals surface area (Å²) in [5.41, 5.74) is 2.24. The molecule has 0 aliphatic rings. The molecule has 0 fully saturated rings. The number of rotatable bonds is 6. The fourth-order valence-corrected chi connectivity index (χ4v) is 3.06. The van der Waals surface area contributed by atoms with Gasteiger partial charge in [0, 0.05) is 11.3 Å². The molecule has 0 aliphatic carbocycles. The van der Waals surface area contributed by atoms with Gasteiger partial charge in [-0.15, -0.1) is 0 Å². The van der Waals surface area contributed by atoms with E-state index in [1.54, 1.807) is 23.5 Å². The Kier molecular flexibility index (Phi) is 7.18. The molecule has 0 radical (unpaired) electrons. The second-order valence-corrected chi connectivity index (χ2v) is 6.90. The SMILES string of the molecule is COC(=O)c1ccc(C)c(NC(=O)C[NH2+][C@H](C)c2cc(F)c(Cl)cc2Cl)c1. The highest BCUT2D eigenvalue weighted by atomic mass is 35.5. The van der Waals surface area contributed by atoms with Crippen LogP contribution in [-0.2, 0) is 9.53 Å².